The second-order valence-electron chi connectivity index (χ2n) is 8.27. The molecule has 2 heterocycles. The lowest BCUT2D eigenvalue weighted by Gasteiger charge is -2.18. The molecular formula is C26H31F3N6O2. The molecule has 198 valence electrons. The highest BCUT2D eigenvalue weighted by atomic mass is 19.4. The number of likely N-dealkylation sites (N-methyl/N-ethyl adjacent to an activating group) is 2. The number of hydrogen-bond donors (Lipinski definition) is 1. The van der Waals surface area contributed by atoms with Gasteiger partial charge >= 0.3 is 6.36 Å². The van der Waals surface area contributed by atoms with Crippen LogP contribution in [0.1, 0.15) is 29.4 Å². The highest BCUT2D eigenvalue weighted by molar-refractivity contribution is 5.95. The number of hydrogen-bond acceptors (Lipinski definition) is 7. The van der Waals surface area contributed by atoms with Crippen molar-refractivity contribution in [3.63, 3.8) is 0 Å². The number of aryl methyl sites for hydroxylation is 1. The minimum absolute atomic E-state index is 0.234. The Balaban J connectivity index is 1.69. The molecule has 1 aromatic carbocycles. The molecule has 1 N–H and O–H groups in total. The molecule has 0 aliphatic carbocycles. The molecule has 3 rings (SSSR count). The number of aliphatic imine (C=N–C) groups is 1. The maximum atomic E-state index is 12.4. The van der Waals surface area contributed by atoms with E-state index >= 15 is 0 Å². The predicted molar refractivity (Wildman–Crippen MR) is 138 cm³/mol. The van der Waals surface area contributed by atoms with Crippen LogP contribution >= 0.6 is 0 Å². The highest BCUT2D eigenvalue weighted by Crippen LogP contribution is 2.25. The summed E-state index contributed by atoms with van der Waals surface area (Å²) in [5, 5.41) is 7.91. The van der Waals surface area contributed by atoms with E-state index in [2.05, 4.69) is 43.5 Å². The molecule has 0 unspecified atom stereocenters. The lowest BCUT2D eigenvalue weighted by atomic mass is 10.2. The largest absolute Gasteiger partial charge is 0.573 e. The van der Waals surface area contributed by atoms with Crippen LogP contribution in [0.15, 0.2) is 60.2 Å². The van der Waals surface area contributed by atoms with Gasteiger partial charge in [0.2, 0.25) is 5.90 Å². The monoisotopic (exact) mass is 516 g/mol. The first-order valence-corrected chi connectivity index (χ1v) is 11.7. The van der Waals surface area contributed by atoms with Gasteiger partial charge in [0.1, 0.15) is 17.3 Å². The van der Waals surface area contributed by atoms with Gasteiger partial charge in [-0.05, 0) is 61.0 Å². The third kappa shape index (κ3) is 8.07. The summed E-state index contributed by atoms with van der Waals surface area (Å²) in [6, 6.07) is 11.1. The maximum Gasteiger partial charge on any atom is 0.573 e. The number of methoxy groups -OCH3 is 1. The zero-order valence-electron chi connectivity index (χ0n) is 21.3. The minimum atomic E-state index is -4.75. The second kappa shape index (κ2) is 12.4. The Hall–Kier alpha value is -3.86. The van der Waals surface area contributed by atoms with Crippen molar-refractivity contribution in [2.24, 2.45) is 4.99 Å². The van der Waals surface area contributed by atoms with Crippen LogP contribution in [0, 0.1) is 6.92 Å². The van der Waals surface area contributed by atoms with Crippen LogP contribution in [0.2, 0.25) is 0 Å². The molecule has 0 atom stereocenters. The van der Waals surface area contributed by atoms with E-state index in [1.54, 1.807) is 0 Å². The first kappa shape index (κ1) is 27.7. The molecule has 37 heavy (non-hydrogen) atoms. The van der Waals surface area contributed by atoms with Gasteiger partial charge in [0.15, 0.2) is 0 Å². The summed E-state index contributed by atoms with van der Waals surface area (Å²) in [6.45, 7) is 11.1. The number of ether oxygens (including phenoxy) is 2. The Morgan fingerprint density at radius 3 is 2.51 bits per heavy atom. The van der Waals surface area contributed by atoms with E-state index in [0.29, 0.717) is 23.5 Å². The fourth-order valence-electron chi connectivity index (χ4n) is 3.47. The van der Waals surface area contributed by atoms with E-state index in [9.17, 15) is 13.2 Å². The van der Waals surface area contributed by atoms with Crippen molar-refractivity contribution in [2.75, 3.05) is 38.7 Å². The van der Waals surface area contributed by atoms with Crippen LogP contribution in [0.4, 0.5) is 19.0 Å². The van der Waals surface area contributed by atoms with E-state index in [0.717, 1.165) is 36.7 Å². The molecule has 0 spiro atoms. The Bertz CT molecular complexity index is 1200. The molecule has 0 saturated heterocycles. The van der Waals surface area contributed by atoms with Crippen LogP contribution in [-0.2, 0) is 11.3 Å². The van der Waals surface area contributed by atoms with Gasteiger partial charge in [-0.25, -0.2) is 9.98 Å². The molecule has 11 heteroatoms. The third-order valence-electron chi connectivity index (χ3n) is 5.46. The van der Waals surface area contributed by atoms with E-state index < -0.39 is 6.36 Å². The highest BCUT2D eigenvalue weighted by Gasteiger charge is 2.31. The van der Waals surface area contributed by atoms with Gasteiger partial charge in [-0.3, -0.25) is 4.68 Å². The number of alkyl halides is 3. The SMILES string of the molecule is C=C(N=C(OC)c1cc(C)n(Cc2ccc(N(C)CCNCC)nc2)n1)c1ccc(OC(F)(F)F)cc1. The van der Waals surface area contributed by atoms with Crippen molar-refractivity contribution in [2.45, 2.75) is 26.8 Å². The van der Waals surface area contributed by atoms with Gasteiger partial charge in [0, 0.05) is 32.0 Å². The first-order chi connectivity index (χ1) is 17.6. The normalized spacial score (nSPS) is 11.9. The average Bonchev–Trinajstić information content (AvgIpc) is 3.22. The number of halogens is 3. The van der Waals surface area contributed by atoms with Crippen LogP contribution < -0.4 is 15.0 Å². The molecule has 0 aliphatic heterocycles. The number of anilines is 1. The first-order valence-electron chi connectivity index (χ1n) is 11.7. The minimum Gasteiger partial charge on any atom is -0.479 e. The zero-order chi connectivity index (χ0) is 27.0. The Morgan fingerprint density at radius 1 is 1.19 bits per heavy atom. The summed E-state index contributed by atoms with van der Waals surface area (Å²) in [5.41, 5.74) is 3.21. The van der Waals surface area contributed by atoms with Crippen molar-refractivity contribution in [1.82, 2.24) is 20.1 Å². The Morgan fingerprint density at radius 2 is 1.92 bits per heavy atom. The third-order valence-corrected chi connectivity index (χ3v) is 5.46. The molecule has 0 fully saturated rings. The quantitative estimate of drug-likeness (QED) is 0.227. The standard InChI is InChI=1S/C26H31F3N6O2/c1-6-30-13-14-34(4)24-12-7-20(16-31-24)17-35-18(2)15-23(33-35)25(36-5)32-19(3)21-8-10-22(11-9-21)37-26(27,28)29/h7-12,15-16,30H,3,6,13-14,17H2,1-2,4-5H3. The van der Waals surface area contributed by atoms with Crippen LogP contribution in [0.3, 0.4) is 0 Å². The van der Waals surface area contributed by atoms with Gasteiger partial charge in [-0.15, -0.1) is 13.2 Å². The van der Waals surface area contributed by atoms with E-state index in [1.807, 2.05) is 43.0 Å². The van der Waals surface area contributed by atoms with Crippen molar-refractivity contribution in [1.29, 1.82) is 0 Å². The lowest BCUT2D eigenvalue weighted by Crippen LogP contribution is -2.29. The number of pyridine rings is 1. The van der Waals surface area contributed by atoms with Crippen molar-refractivity contribution >= 4 is 17.4 Å². The number of rotatable bonds is 11. The van der Waals surface area contributed by atoms with E-state index in [4.69, 9.17) is 4.74 Å². The van der Waals surface area contributed by atoms with Crippen molar-refractivity contribution < 1.29 is 22.6 Å². The average molecular weight is 517 g/mol. The molecule has 0 amide bonds. The lowest BCUT2D eigenvalue weighted by molar-refractivity contribution is -0.274. The van der Waals surface area contributed by atoms with Crippen molar-refractivity contribution in [3.05, 3.63) is 77.8 Å². The van der Waals surface area contributed by atoms with Gasteiger partial charge in [-0.1, -0.05) is 19.6 Å². The molecule has 8 nitrogen and oxygen atoms in total. The second-order valence-corrected chi connectivity index (χ2v) is 8.27. The van der Waals surface area contributed by atoms with Gasteiger partial charge in [0.05, 0.1) is 19.4 Å². The molecule has 0 aliphatic rings. The molecule has 0 bridgehead atoms. The number of aromatic nitrogens is 3. The summed E-state index contributed by atoms with van der Waals surface area (Å²) in [7, 11) is 3.48. The molecule has 2 aromatic heterocycles. The Kier molecular flexibility index (Phi) is 9.29. The number of benzene rings is 1. The summed E-state index contributed by atoms with van der Waals surface area (Å²) in [6.07, 6.45) is -2.92. The summed E-state index contributed by atoms with van der Waals surface area (Å²) in [4.78, 5) is 11.1. The topological polar surface area (TPSA) is 76.8 Å². The predicted octanol–water partition coefficient (Wildman–Crippen LogP) is 4.64. The Labute approximate surface area is 214 Å². The summed E-state index contributed by atoms with van der Waals surface area (Å²) < 4.78 is 48.3. The smallest absolute Gasteiger partial charge is 0.479 e. The summed E-state index contributed by atoms with van der Waals surface area (Å²) in [5.74, 6) is 0.806. The van der Waals surface area contributed by atoms with E-state index in [-0.39, 0.29) is 11.6 Å². The van der Waals surface area contributed by atoms with Crippen LogP contribution in [0.5, 0.6) is 5.75 Å². The van der Waals surface area contributed by atoms with Gasteiger partial charge < -0.3 is 19.7 Å². The van der Waals surface area contributed by atoms with Crippen molar-refractivity contribution in [3.8, 4) is 5.75 Å². The molecule has 0 radical (unpaired) electrons. The maximum absolute atomic E-state index is 12.4. The van der Waals surface area contributed by atoms with Crippen LogP contribution in [0.25, 0.3) is 5.70 Å². The number of nitrogens with zero attached hydrogens (tertiary/aromatic N) is 5. The van der Waals surface area contributed by atoms with E-state index in [1.165, 1.54) is 31.4 Å². The molecule has 0 saturated carbocycles. The fraction of sp³-hybridized carbons (Fsp3) is 0.346. The molecular weight excluding hydrogens is 485 g/mol. The fourth-order valence-corrected chi connectivity index (χ4v) is 3.47. The number of nitrogens with one attached hydrogen (secondary N) is 1. The molecule has 3 aromatic rings. The van der Waals surface area contributed by atoms with Gasteiger partial charge in [-0.2, -0.15) is 5.10 Å². The summed E-state index contributed by atoms with van der Waals surface area (Å²) >= 11 is 0. The zero-order valence-corrected chi connectivity index (χ0v) is 21.3. The van der Waals surface area contributed by atoms with Gasteiger partial charge in [0.25, 0.3) is 0 Å². The van der Waals surface area contributed by atoms with Crippen LogP contribution in [-0.4, -0.2) is 60.8 Å².